The van der Waals surface area contributed by atoms with E-state index in [1.54, 1.807) is 11.0 Å². The number of esters is 1. The molecule has 1 aliphatic rings. The van der Waals surface area contributed by atoms with Crippen molar-refractivity contribution in [3.8, 4) is 5.75 Å². The summed E-state index contributed by atoms with van der Waals surface area (Å²) in [5, 5.41) is 2.08. The minimum Gasteiger partial charge on any atom is -0.426 e. The van der Waals surface area contributed by atoms with E-state index in [0.717, 1.165) is 27.6 Å². The molecule has 1 atom stereocenters. The van der Waals surface area contributed by atoms with Gasteiger partial charge in [-0.1, -0.05) is 48.5 Å². The third-order valence-electron chi connectivity index (χ3n) is 5.28. The van der Waals surface area contributed by atoms with Crippen molar-refractivity contribution in [2.24, 2.45) is 5.92 Å². The minimum absolute atomic E-state index is 0.0470. The van der Waals surface area contributed by atoms with E-state index in [-0.39, 0.29) is 18.3 Å². The molecule has 0 aromatic heterocycles. The minimum atomic E-state index is -0.462. The lowest BCUT2D eigenvalue weighted by Crippen LogP contribution is -2.27. The number of fused-ring (bicyclic) bond motifs is 1. The number of ether oxygens (including phenoxy) is 1. The fraction of sp³-hybridized carbons (Fsp3) is 0.217. The Morgan fingerprint density at radius 1 is 1.00 bits per heavy atom. The first kappa shape index (κ1) is 17.3. The second kappa shape index (κ2) is 6.88. The lowest BCUT2D eigenvalue weighted by Gasteiger charge is -2.19. The number of hydrogen-bond acceptors (Lipinski definition) is 3. The Balaban J connectivity index is 1.57. The van der Waals surface area contributed by atoms with Crippen molar-refractivity contribution in [2.75, 3.05) is 11.4 Å². The number of benzene rings is 3. The summed E-state index contributed by atoms with van der Waals surface area (Å²) < 4.78 is 5.61. The average Bonchev–Trinajstić information content (AvgIpc) is 3.06. The molecule has 1 saturated heterocycles. The molecule has 1 fully saturated rings. The maximum Gasteiger partial charge on any atom is 0.316 e. The zero-order valence-electron chi connectivity index (χ0n) is 15.4. The van der Waals surface area contributed by atoms with E-state index in [1.165, 1.54) is 0 Å². The van der Waals surface area contributed by atoms with E-state index in [2.05, 4.69) is 0 Å². The SMILES string of the molecule is Cc1cccc(OC(=O)[C@H]2CC(=O)N(c3cccc4ccccc34)C2)c1C. The first-order chi connectivity index (χ1) is 13.0. The van der Waals surface area contributed by atoms with Gasteiger partial charge in [0.1, 0.15) is 5.75 Å². The van der Waals surface area contributed by atoms with Crippen LogP contribution in [0.4, 0.5) is 5.69 Å². The van der Waals surface area contributed by atoms with E-state index in [1.807, 2.05) is 68.4 Å². The van der Waals surface area contributed by atoms with E-state index in [0.29, 0.717) is 12.3 Å². The zero-order chi connectivity index (χ0) is 19.0. The van der Waals surface area contributed by atoms with Crippen molar-refractivity contribution in [2.45, 2.75) is 20.3 Å². The van der Waals surface area contributed by atoms with Crippen LogP contribution in [0.2, 0.25) is 0 Å². The number of nitrogens with zero attached hydrogens (tertiary/aromatic N) is 1. The van der Waals surface area contributed by atoms with Crippen LogP contribution >= 0.6 is 0 Å². The summed E-state index contributed by atoms with van der Waals surface area (Å²) in [7, 11) is 0. The summed E-state index contributed by atoms with van der Waals surface area (Å²) in [5.74, 6) is -0.290. The lowest BCUT2D eigenvalue weighted by molar-refractivity contribution is -0.139. The van der Waals surface area contributed by atoms with E-state index in [4.69, 9.17) is 4.74 Å². The number of carbonyl (C=O) groups excluding carboxylic acids is 2. The fourth-order valence-corrected chi connectivity index (χ4v) is 3.57. The quantitative estimate of drug-likeness (QED) is 0.514. The number of hydrogen-bond donors (Lipinski definition) is 0. The molecule has 27 heavy (non-hydrogen) atoms. The van der Waals surface area contributed by atoms with Gasteiger partial charge in [0.05, 0.1) is 11.6 Å². The molecule has 0 bridgehead atoms. The molecule has 0 N–H and O–H groups in total. The predicted molar refractivity (Wildman–Crippen MR) is 106 cm³/mol. The summed E-state index contributed by atoms with van der Waals surface area (Å²) >= 11 is 0. The highest BCUT2D eigenvalue weighted by atomic mass is 16.5. The number of carbonyl (C=O) groups is 2. The predicted octanol–water partition coefficient (Wildman–Crippen LogP) is 4.42. The molecular weight excluding hydrogens is 338 g/mol. The lowest BCUT2D eigenvalue weighted by atomic mass is 10.1. The maximum absolute atomic E-state index is 12.7. The molecule has 0 saturated carbocycles. The van der Waals surface area contributed by atoms with Gasteiger partial charge in [-0.15, -0.1) is 0 Å². The summed E-state index contributed by atoms with van der Waals surface area (Å²) in [6.45, 7) is 4.25. The van der Waals surface area contributed by atoms with Crippen LogP contribution in [0.3, 0.4) is 0 Å². The third-order valence-corrected chi connectivity index (χ3v) is 5.28. The second-order valence-corrected chi connectivity index (χ2v) is 7.02. The molecule has 0 radical (unpaired) electrons. The van der Waals surface area contributed by atoms with Crippen LogP contribution < -0.4 is 9.64 Å². The Morgan fingerprint density at radius 3 is 2.59 bits per heavy atom. The van der Waals surface area contributed by atoms with Crippen LogP contribution in [-0.2, 0) is 9.59 Å². The highest BCUT2D eigenvalue weighted by molar-refractivity contribution is 6.06. The highest BCUT2D eigenvalue weighted by Crippen LogP contribution is 2.32. The molecule has 0 unspecified atom stereocenters. The summed E-state index contributed by atoms with van der Waals surface area (Å²) in [4.78, 5) is 27.0. The molecule has 0 spiro atoms. The Bertz CT molecular complexity index is 1040. The molecule has 1 heterocycles. The zero-order valence-corrected chi connectivity index (χ0v) is 15.4. The van der Waals surface area contributed by atoms with Crippen LogP contribution in [0.25, 0.3) is 10.8 Å². The topological polar surface area (TPSA) is 46.6 Å². The van der Waals surface area contributed by atoms with Gasteiger partial charge in [0.15, 0.2) is 0 Å². The summed E-state index contributed by atoms with van der Waals surface area (Å²) in [6.07, 6.45) is 0.174. The first-order valence-electron chi connectivity index (χ1n) is 9.10. The van der Waals surface area contributed by atoms with E-state index < -0.39 is 5.92 Å². The van der Waals surface area contributed by atoms with Crippen molar-refractivity contribution in [3.63, 3.8) is 0 Å². The van der Waals surface area contributed by atoms with Crippen LogP contribution in [0, 0.1) is 19.8 Å². The second-order valence-electron chi connectivity index (χ2n) is 7.02. The van der Waals surface area contributed by atoms with Crippen molar-refractivity contribution in [1.82, 2.24) is 0 Å². The van der Waals surface area contributed by atoms with Crippen LogP contribution in [0.1, 0.15) is 17.5 Å². The van der Waals surface area contributed by atoms with Gasteiger partial charge in [0.25, 0.3) is 0 Å². The molecule has 1 aliphatic heterocycles. The molecule has 1 amide bonds. The number of aryl methyl sites for hydroxylation is 1. The van der Waals surface area contributed by atoms with Gasteiger partial charge in [-0.25, -0.2) is 0 Å². The largest absolute Gasteiger partial charge is 0.426 e. The van der Waals surface area contributed by atoms with Gasteiger partial charge >= 0.3 is 5.97 Å². The smallest absolute Gasteiger partial charge is 0.316 e. The average molecular weight is 359 g/mol. The van der Waals surface area contributed by atoms with Gasteiger partial charge < -0.3 is 9.64 Å². The standard InChI is InChI=1S/C23H21NO3/c1-15-7-5-12-21(16(15)2)27-23(26)18-13-22(25)24(14-18)20-11-6-9-17-8-3-4-10-19(17)20/h3-12,18H,13-14H2,1-2H3/t18-/m0/s1. The van der Waals surface area contributed by atoms with Gasteiger partial charge in [-0.3, -0.25) is 9.59 Å². The van der Waals surface area contributed by atoms with E-state index in [9.17, 15) is 9.59 Å². The molecule has 4 rings (SSSR count). The molecule has 4 heteroatoms. The van der Waals surface area contributed by atoms with Crippen molar-refractivity contribution in [1.29, 1.82) is 0 Å². The molecule has 3 aromatic rings. The van der Waals surface area contributed by atoms with Gasteiger partial charge in [0.2, 0.25) is 5.91 Å². The fourth-order valence-electron chi connectivity index (χ4n) is 3.57. The van der Waals surface area contributed by atoms with Crippen LogP contribution in [0.5, 0.6) is 5.75 Å². The Morgan fingerprint density at radius 2 is 1.74 bits per heavy atom. The summed E-state index contributed by atoms with van der Waals surface area (Å²) in [5.41, 5.74) is 2.86. The van der Waals surface area contributed by atoms with Crippen LogP contribution in [-0.4, -0.2) is 18.4 Å². The summed E-state index contributed by atoms with van der Waals surface area (Å²) in [6, 6.07) is 19.5. The Labute approximate surface area is 158 Å². The van der Waals surface area contributed by atoms with Gasteiger partial charge in [-0.05, 0) is 42.5 Å². The Hall–Kier alpha value is -3.14. The molecular formula is C23H21NO3. The number of rotatable bonds is 3. The highest BCUT2D eigenvalue weighted by Gasteiger charge is 2.37. The normalized spacial score (nSPS) is 16.7. The van der Waals surface area contributed by atoms with Crippen molar-refractivity contribution in [3.05, 3.63) is 71.8 Å². The van der Waals surface area contributed by atoms with Crippen LogP contribution in [0.15, 0.2) is 60.7 Å². The number of amides is 1. The number of anilines is 1. The van der Waals surface area contributed by atoms with Gasteiger partial charge in [-0.2, -0.15) is 0 Å². The molecule has 0 aliphatic carbocycles. The first-order valence-corrected chi connectivity index (χ1v) is 9.10. The monoisotopic (exact) mass is 359 g/mol. The van der Waals surface area contributed by atoms with E-state index >= 15 is 0 Å². The maximum atomic E-state index is 12.7. The Kier molecular flexibility index (Phi) is 4.40. The van der Waals surface area contributed by atoms with Crippen molar-refractivity contribution < 1.29 is 14.3 Å². The third kappa shape index (κ3) is 3.19. The van der Waals surface area contributed by atoms with Crippen molar-refractivity contribution >= 4 is 28.3 Å². The molecule has 136 valence electrons. The molecule has 3 aromatic carbocycles. The molecule has 4 nitrogen and oxygen atoms in total. The van der Waals surface area contributed by atoms with Gasteiger partial charge in [0, 0.05) is 18.4 Å².